The van der Waals surface area contributed by atoms with E-state index in [-0.39, 0.29) is 6.04 Å². The zero-order valence-electron chi connectivity index (χ0n) is 11.8. The van der Waals surface area contributed by atoms with E-state index >= 15 is 0 Å². The van der Waals surface area contributed by atoms with Crippen LogP contribution < -0.4 is 5.32 Å². The Bertz CT molecular complexity index is 438. The second-order valence-corrected chi connectivity index (χ2v) is 7.66. The first-order valence-electron chi connectivity index (χ1n) is 7.03. The van der Waals surface area contributed by atoms with Gasteiger partial charge in [0.25, 0.3) is 0 Å². The maximum Gasteiger partial charge on any atom is 0.307 e. The molecule has 0 heterocycles. The van der Waals surface area contributed by atoms with Crippen molar-refractivity contribution in [2.24, 2.45) is 5.92 Å². The second kappa shape index (κ2) is 7.61. The molecule has 1 rings (SSSR count). The van der Waals surface area contributed by atoms with Crippen molar-refractivity contribution < 1.29 is 23.1 Å². The molecule has 1 saturated carbocycles. The number of rotatable bonds is 6. The summed E-state index contributed by atoms with van der Waals surface area (Å²) in [7, 11) is -3.68. The fourth-order valence-electron chi connectivity index (χ4n) is 2.40. The van der Waals surface area contributed by atoms with Gasteiger partial charge in [-0.15, -0.1) is 0 Å². The number of amides is 1. The zero-order chi connectivity index (χ0) is 15.2. The summed E-state index contributed by atoms with van der Waals surface area (Å²) < 4.78 is 23.5. The average Bonchev–Trinajstić information content (AvgIpc) is 2.55. The lowest BCUT2D eigenvalue weighted by atomic mass is 10.1. The Balaban J connectivity index is 2.45. The topological polar surface area (TPSA) is 101 Å². The molecule has 0 aromatic heterocycles. The number of sulfone groups is 1. The van der Waals surface area contributed by atoms with Crippen LogP contribution in [0.1, 0.15) is 45.4 Å². The molecule has 1 fully saturated rings. The molecule has 0 saturated heterocycles. The van der Waals surface area contributed by atoms with Crippen LogP contribution in [0.3, 0.4) is 0 Å². The van der Waals surface area contributed by atoms with Crippen molar-refractivity contribution in [1.82, 2.24) is 5.32 Å². The van der Waals surface area contributed by atoms with Gasteiger partial charge >= 0.3 is 5.97 Å². The molecular weight excluding hydrogens is 282 g/mol. The van der Waals surface area contributed by atoms with Crippen LogP contribution >= 0.6 is 0 Å². The molecular formula is C13H23NO5S. The van der Waals surface area contributed by atoms with E-state index in [4.69, 9.17) is 5.11 Å². The highest BCUT2D eigenvalue weighted by atomic mass is 32.2. The third-order valence-corrected chi connectivity index (χ3v) is 5.21. The molecule has 1 aliphatic rings. The van der Waals surface area contributed by atoms with E-state index in [0.717, 1.165) is 38.5 Å². The Morgan fingerprint density at radius 3 is 2.25 bits per heavy atom. The van der Waals surface area contributed by atoms with Crippen LogP contribution in [0.5, 0.6) is 0 Å². The lowest BCUT2D eigenvalue weighted by molar-refractivity contribution is -0.140. The number of aliphatic carboxylic acids is 1. The van der Waals surface area contributed by atoms with E-state index in [1.54, 1.807) is 0 Å². The van der Waals surface area contributed by atoms with Gasteiger partial charge in [0.2, 0.25) is 5.91 Å². The van der Waals surface area contributed by atoms with Gasteiger partial charge in [0.1, 0.15) is 5.75 Å². The molecule has 6 nitrogen and oxygen atoms in total. The minimum absolute atomic E-state index is 0.0529. The maximum absolute atomic E-state index is 11.8. The first-order chi connectivity index (χ1) is 9.30. The smallest absolute Gasteiger partial charge is 0.307 e. The third kappa shape index (κ3) is 6.36. The van der Waals surface area contributed by atoms with Crippen LogP contribution in [0.2, 0.25) is 0 Å². The highest BCUT2D eigenvalue weighted by molar-refractivity contribution is 7.92. The van der Waals surface area contributed by atoms with Gasteiger partial charge in [0.15, 0.2) is 9.84 Å². The van der Waals surface area contributed by atoms with Crippen molar-refractivity contribution >= 4 is 21.7 Å². The van der Waals surface area contributed by atoms with Crippen molar-refractivity contribution in [2.75, 3.05) is 11.5 Å². The van der Waals surface area contributed by atoms with Crippen LogP contribution in [0.25, 0.3) is 0 Å². The number of nitrogens with one attached hydrogen (secondary N) is 1. The van der Waals surface area contributed by atoms with Gasteiger partial charge in [-0.2, -0.15) is 0 Å². The number of carboxylic acids is 1. The summed E-state index contributed by atoms with van der Waals surface area (Å²) in [6, 6.07) is 0.0529. The summed E-state index contributed by atoms with van der Waals surface area (Å²) in [6.45, 7) is 1.32. The molecule has 1 unspecified atom stereocenters. The SMILES string of the molecule is CC(CS(=O)(=O)CC(=O)NC1CCCCCC1)C(=O)O. The van der Waals surface area contributed by atoms with Crippen LogP contribution in [-0.4, -0.2) is 42.9 Å². The fourth-order valence-corrected chi connectivity index (χ4v) is 3.91. The summed E-state index contributed by atoms with van der Waals surface area (Å²) in [5, 5.41) is 11.5. The van der Waals surface area contributed by atoms with E-state index in [1.807, 2.05) is 0 Å². The molecule has 0 bridgehead atoms. The molecule has 1 amide bonds. The van der Waals surface area contributed by atoms with Crippen molar-refractivity contribution in [3.8, 4) is 0 Å². The molecule has 2 N–H and O–H groups in total. The number of carboxylic acid groups (broad SMARTS) is 1. The number of hydrogen-bond acceptors (Lipinski definition) is 4. The predicted octanol–water partition coefficient (Wildman–Crippen LogP) is 0.961. The minimum atomic E-state index is -3.68. The lowest BCUT2D eigenvalue weighted by Crippen LogP contribution is -2.39. The highest BCUT2D eigenvalue weighted by Gasteiger charge is 2.25. The van der Waals surface area contributed by atoms with Crippen molar-refractivity contribution in [2.45, 2.75) is 51.5 Å². The first-order valence-corrected chi connectivity index (χ1v) is 8.85. The maximum atomic E-state index is 11.8. The van der Waals surface area contributed by atoms with Crippen LogP contribution in [-0.2, 0) is 19.4 Å². The Kier molecular flexibility index (Phi) is 6.45. The van der Waals surface area contributed by atoms with Gasteiger partial charge < -0.3 is 10.4 Å². The summed E-state index contributed by atoms with van der Waals surface area (Å²) in [5.41, 5.74) is 0. The van der Waals surface area contributed by atoms with E-state index < -0.39 is 39.1 Å². The second-order valence-electron chi connectivity index (χ2n) is 5.55. The number of carbonyl (C=O) groups is 2. The molecule has 0 spiro atoms. The third-order valence-electron chi connectivity index (χ3n) is 3.50. The molecule has 0 aliphatic heterocycles. The molecule has 1 aliphatic carbocycles. The molecule has 116 valence electrons. The van der Waals surface area contributed by atoms with Gasteiger partial charge in [0.05, 0.1) is 11.7 Å². The van der Waals surface area contributed by atoms with E-state index in [0.29, 0.717) is 0 Å². The van der Waals surface area contributed by atoms with Crippen molar-refractivity contribution in [1.29, 1.82) is 0 Å². The van der Waals surface area contributed by atoms with Gasteiger partial charge in [-0.25, -0.2) is 8.42 Å². The van der Waals surface area contributed by atoms with Gasteiger partial charge in [0, 0.05) is 6.04 Å². The molecule has 1 atom stereocenters. The summed E-state index contributed by atoms with van der Waals surface area (Å²) in [5.74, 6) is -3.81. The number of carbonyl (C=O) groups excluding carboxylic acids is 1. The van der Waals surface area contributed by atoms with Gasteiger partial charge in [-0.3, -0.25) is 9.59 Å². The van der Waals surface area contributed by atoms with E-state index in [2.05, 4.69) is 5.32 Å². The van der Waals surface area contributed by atoms with Crippen LogP contribution in [0.4, 0.5) is 0 Å². The molecule has 0 aromatic rings. The van der Waals surface area contributed by atoms with Gasteiger partial charge in [-0.1, -0.05) is 32.6 Å². The molecule has 0 aromatic carbocycles. The summed E-state index contributed by atoms with van der Waals surface area (Å²) in [6.07, 6.45) is 6.18. The Morgan fingerprint density at radius 1 is 1.20 bits per heavy atom. The van der Waals surface area contributed by atoms with Crippen molar-refractivity contribution in [3.05, 3.63) is 0 Å². The summed E-state index contributed by atoms with van der Waals surface area (Å²) >= 11 is 0. The normalized spacial score (nSPS) is 19.1. The van der Waals surface area contributed by atoms with Crippen molar-refractivity contribution in [3.63, 3.8) is 0 Å². The summed E-state index contributed by atoms with van der Waals surface area (Å²) in [4.78, 5) is 22.4. The van der Waals surface area contributed by atoms with E-state index in [1.165, 1.54) is 6.92 Å². The quantitative estimate of drug-likeness (QED) is 0.712. The van der Waals surface area contributed by atoms with Crippen LogP contribution in [0.15, 0.2) is 0 Å². The fraction of sp³-hybridized carbons (Fsp3) is 0.846. The molecule has 0 radical (unpaired) electrons. The highest BCUT2D eigenvalue weighted by Crippen LogP contribution is 2.17. The average molecular weight is 305 g/mol. The van der Waals surface area contributed by atoms with E-state index in [9.17, 15) is 18.0 Å². The largest absolute Gasteiger partial charge is 0.481 e. The lowest BCUT2D eigenvalue weighted by Gasteiger charge is -2.16. The Labute approximate surface area is 119 Å². The Morgan fingerprint density at radius 2 is 1.75 bits per heavy atom. The Hall–Kier alpha value is -1.11. The molecule has 20 heavy (non-hydrogen) atoms. The minimum Gasteiger partial charge on any atom is -0.481 e. The standard InChI is InChI=1S/C13H23NO5S/c1-10(13(16)17)8-20(18,19)9-12(15)14-11-6-4-2-3-5-7-11/h10-11H,2-9H2,1H3,(H,14,15)(H,16,17). The first kappa shape index (κ1) is 16.9. The monoisotopic (exact) mass is 305 g/mol. The molecule has 7 heteroatoms. The zero-order valence-corrected chi connectivity index (χ0v) is 12.6. The number of hydrogen-bond donors (Lipinski definition) is 2. The predicted molar refractivity (Wildman–Crippen MR) is 75.1 cm³/mol. The van der Waals surface area contributed by atoms with Gasteiger partial charge in [-0.05, 0) is 12.8 Å². The van der Waals surface area contributed by atoms with Crippen LogP contribution in [0, 0.1) is 5.92 Å².